The van der Waals surface area contributed by atoms with Gasteiger partial charge in [0.1, 0.15) is 4.88 Å². The van der Waals surface area contributed by atoms with Crippen molar-refractivity contribution in [3.05, 3.63) is 44.3 Å². The summed E-state index contributed by atoms with van der Waals surface area (Å²) in [5.74, 6) is -1.01. The first-order valence-corrected chi connectivity index (χ1v) is 6.77. The minimum atomic E-state index is -1.01. The van der Waals surface area contributed by atoms with E-state index in [0.29, 0.717) is 10.5 Å². The van der Waals surface area contributed by atoms with Crippen LogP contribution in [0.2, 0.25) is 0 Å². The van der Waals surface area contributed by atoms with Crippen molar-refractivity contribution in [1.29, 1.82) is 0 Å². The van der Waals surface area contributed by atoms with E-state index in [4.69, 9.17) is 5.11 Å². The van der Waals surface area contributed by atoms with Crippen LogP contribution in [0.25, 0.3) is 0 Å². The van der Waals surface area contributed by atoms with Gasteiger partial charge in [-0.2, -0.15) is 0 Å². The molecule has 0 amide bonds. The van der Waals surface area contributed by atoms with Gasteiger partial charge >= 0.3 is 11.7 Å². The summed E-state index contributed by atoms with van der Waals surface area (Å²) in [5.41, 5.74) is 0.626. The van der Waals surface area contributed by atoms with E-state index in [-0.39, 0.29) is 15.6 Å². The maximum Gasteiger partial charge on any atom is 0.345 e. The zero-order valence-electron chi connectivity index (χ0n) is 9.69. The molecule has 2 aromatic heterocycles. The Morgan fingerprint density at radius 2 is 2.26 bits per heavy atom. The molecule has 0 aromatic carbocycles. The van der Waals surface area contributed by atoms with Crippen molar-refractivity contribution >= 4 is 34.8 Å². The number of thiophene rings is 1. The third-order valence-electron chi connectivity index (χ3n) is 2.17. The van der Waals surface area contributed by atoms with Crippen molar-refractivity contribution in [2.75, 3.05) is 0 Å². The third kappa shape index (κ3) is 3.09. The van der Waals surface area contributed by atoms with Crippen LogP contribution in [-0.4, -0.2) is 21.0 Å². The molecule has 98 valence electrons. The second kappa shape index (κ2) is 5.37. The van der Waals surface area contributed by atoms with E-state index in [0.717, 1.165) is 23.1 Å². The summed E-state index contributed by atoms with van der Waals surface area (Å²) in [5, 5.41) is 21.7. The monoisotopic (exact) mass is 296 g/mol. The Bertz CT molecular complexity index is 654. The Labute approximate surface area is 116 Å². The maximum atomic E-state index is 10.9. The lowest BCUT2D eigenvalue weighted by atomic mass is 10.3. The fraction of sp³-hybridized carbons (Fsp3) is 0.0909. The molecule has 1 N–H and O–H groups in total. The largest absolute Gasteiger partial charge is 0.477 e. The zero-order chi connectivity index (χ0) is 14.0. The molecule has 0 saturated carbocycles. The number of nitrogens with zero attached hydrogens (tertiary/aromatic N) is 2. The third-order valence-corrected chi connectivity index (χ3v) is 4.21. The number of carboxylic acid groups (broad SMARTS) is 1. The van der Waals surface area contributed by atoms with Crippen molar-refractivity contribution < 1.29 is 14.8 Å². The number of aryl methyl sites for hydroxylation is 1. The number of rotatable bonds is 4. The Kier molecular flexibility index (Phi) is 3.82. The Morgan fingerprint density at radius 1 is 1.53 bits per heavy atom. The van der Waals surface area contributed by atoms with E-state index in [9.17, 15) is 14.9 Å². The summed E-state index contributed by atoms with van der Waals surface area (Å²) in [6, 6.07) is 2.92. The minimum Gasteiger partial charge on any atom is -0.477 e. The Balaban J connectivity index is 2.32. The fourth-order valence-corrected chi connectivity index (χ4v) is 3.11. The maximum absolute atomic E-state index is 10.9. The van der Waals surface area contributed by atoms with Crippen LogP contribution >= 0.6 is 23.1 Å². The predicted molar refractivity (Wildman–Crippen MR) is 71.0 cm³/mol. The number of carboxylic acids is 1. The normalized spacial score (nSPS) is 10.4. The fourth-order valence-electron chi connectivity index (χ4n) is 1.35. The molecule has 0 aliphatic heterocycles. The number of aromatic carboxylic acids is 1. The predicted octanol–water partition coefficient (Wildman–Crippen LogP) is 3.21. The molecule has 8 heteroatoms. The number of aromatic nitrogens is 1. The number of hydrogen-bond donors (Lipinski definition) is 1. The van der Waals surface area contributed by atoms with Gasteiger partial charge < -0.3 is 5.11 Å². The van der Waals surface area contributed by atoms with Crippen molar-refractivity contribution in [2.24, 2.45) is 0 Å². The summed E-state index contributed by atoms with van der Waals surface area (Å²) in [6.45, 7) is 1.72. The van der Waals surface area contributed by atoms with Crippen LogP contribution in [-0.2, 0) is 0 Å². The molecule has 0 spiro atoms. The van der Waals surface area contributed by atoms with Gasteiger partial charge in [0.15, 0.2) is 5.03 Å². The minimum absolute atomic E-state index is 0.0759. The van der Waals surface area contributed by atoms with Crippen LogP contribution in [0.4, 0.5) is 5.69 Å². The van der Waals surface area contributed by atoms with Gasteiger partial charge in [-0.1, -0.05) is 11.8 Å². The Hall–Kier alpha value is -1.93. The number of nitro groups is 1. The van der Waals surface area contributed by atoms with Gasteiger partial charge in [0.05, 0.1) is 4.92 Å². The molecule has 0 aliphatic carbocycles. The molecule has 2 heterocycles. The van der Waals surface area contributed by atoms with E-state index in [1.165, 1.54) is 12.1 Å². The average Bonchev–Trinajstić information content (AvgIpc) is 2.80. The van der Waals surface area contributed by atoms with Crippen LogP contribution in [0.5, 0.6) is 0 Å². The van der Waals surface area contributed by atoms with Gasteiger partial charge in [0.2, 0.25) is 0 Å². The summed E-state index contributed by atoms with van der Waals surface area (Å²) in [7, 11) is 0. The van der Waals surface area contributed by atoms with Crippen LogP contribution in [0.15, 0.2) is 33.6 Å². The molecular weight excluding hydrogens is 288 g/mol. The highest BCUT2D eigenvalue weighted by molar-refractivity contribution is 7.99. The molecule has 0 aliphatic rings. The number of hydrogen-bond acceptors (Lipinski definition) is 6. The molecule has 2 aromatic rings. The average molecular weight is 296 g/mol. The molecular formula is C11H8N2O4S2. The number of pyridine rings is 1. The van der Waals surface area contributed by atoms with Crippen molar-refractivity contribution in [3.63, 3.8) is 0 Å². The van der Waals surface area contributed by atoms with Gasteiger partial charge in [-0.15, -0.1) is 11.3 Å². The molecule has 0 unspecified atom stereocenters. The van der Waals surface area contributed by atoms with Crippen LogP contribution < -0.4 is 0 Å². The van der Waals surface area contributed by atoms with E-state index in [2.05, 4.69) is 4.98 Å². The number of carbonyl (C=O) groups is 1. The summed E-state index contributed by atoms with van der Waals surface area (Å²) in [6.07, 6.45) is 1.54. The lowest BCUT2D eigenvalue weighted by molar-refractivity contribution is -0.388. The Morgan fingerprint density at radius 3 is 2.84 bits per heavy atom. The van der Waals surface area contributed by atoms with Crippen LogP contribution in [0.3, 0.4) is 0 Å². The van der Waals surface area contributed by atoms with E-state index >= 15 is 0 Å². The molecule has 0 atom stereocenters. The second-order valence-corrected chi connectivity index (χ2v) is 5.62. The SMILES string of the molecule is Cc1cnc(Sc2csc(C(=O)O)c2)c([N+](=O)[O-])c1. The van der Waals surface area contributed by atoms with Crippen molar-refractivity contribution in [1.82, 2.24) is 4.98 Å². The zero-order valence-corrected chi connectivity index (χ0v) is 11.3. The molecule has 0 bridgehead atoms. The van der Waals surface area contributed by atoms with Gasteiger partial charge in [-0.05, 0) is 18.6 Å². The van der Waals surface area contributed by atoms with Gasteiger partial charge in [0, 0.05) is 22.5 Å². The lowest BCUT2D eigenvalue weighted by Crippen LogP contribution is -1.94. The highest BCUT2D eigenvalue weighted by Gasteiger charge is 2.18. The van der Waals surface area contributed by atoms with E-state index < -0.39 is 10.9 Å². The molecule has 0 fully saturated rings. The second-order valence-electron chi connectivity index (χ2n) is 3.65. The first-order chi connectivity index (χ1) is 8.97. The molecule has 0 saturated heterocycles. The summed E-state index contributed by atoms with van der Waals surface area (Å²) < 4.78 is 0. The standard InChI is InChI=1S/C11H8N2O4S2/c1-6-2-8(13(16)17)10(12-4-6)19-7-3-9(11(14)15)18-5-7/h2-5H,1H3,(H,14,15). The first-order valence-electron chi connectivity index (χ1n) is 5.08. The molecule has 0 radical (unpaired) electrons. The van der Waals surface area contributed by atoms with Crippen molar-refractivity contribution in [2.45, 2.75) is 16.8 Å². The molecule has 6 nitrogen and oxygen atoms in total. The molecule has 19 heavy (non-hydrogen) atoms. The summed E-state index contributed by atoms with van der Waals surface area (Å²) >= 11 is 2.16. The lowest BCUT2D eigenvalue weighted by Gasteiger charge is -2.00. The van der Waals surface area contributed by atoms with Crippen LogP contribution in [0, 0.1) is 17.0 Å². The quantitative estimate of drug-likeness (QED) is 0.687. The van der Waals surface area contributed by atoms with Gasteiger partial charge in [0.25, 0.3) is 0 Å². The topological polar surface area (TPSA) is 93.3 Å². The summed E-state index contributed by atoms with van der Waals surface area (Å²) in [4.78, 5) is 26.1. The van der Waals surface area contributed by atoms with Gasteiger partial charge in [-0.25, -0.2) is 9.78 Å². The smallest absolute Gasteiger partial charge is 0.345 e. The van der Waals surface area contributed by atoms with E-state index in [1.807, 2.05) is 0 Å². The first kappa shape index (κ1) is 13.5. The van der Waals surface area contributed by atoms with Crippen molar-refractivity contribution in [3.8, 4) is 0 Å². The van der Waals surface area contributed by atoms with Crippen LogP contribution in [0.1, 0.15) is 15.2 Å². The van der Waals surface area contributed by atoms with E-state index in [1.54, 1.807) is 18.5 Å². The highest BCUT2D eigenvalue weighted by atomic mass is 32.2. The molecule has 2 rings (SSSR count). The highest BCUT2D eigenvalue weighted by Crippen LogP contribution is 2.35. The van der Waals surface area contributed by atoms with Gasteiger partial charge in [-0.3, -0.25) is 10.1 Å².